The zero-order valence-corrected chi connectivity index (χ0v) is 18.7. The van der Waals surface area contributed by atoms with Crippen LogP contribution in [0.2, 0.25) is 0 Å². The van der Waals surface area contributed by atoms with Gasteiger partial charge in [0.25, 0.3) is 11.8 Å². The van der Waals surface area contributed by atoms with E-state index >= 15 is 0 Å². The van der Waals surface area contributed by atoms with Crippen LogP contribution in [-0.4, -0.2) is 38.4 Å². The van der Waals surface area contributed by atoms with Crippen molar-refractivity contribution in [1.29, 1.82) is 0 Å². The van der Waals surface area contributed by atoms with Crippen LogP contribution in [0.3, 0.4) is 0 Å². The molecule has 0 radical (unpaired) electrons. The fourth-order valence-corrected chi connectivity index (χ4v) is 2.90. The second-order valence-corrected chi connectivity index (χ2v) is 6.88. The normalized spacial score (nSPS) is 10.6. The summed E-state index contributed by atoms with van der Waals surface area (Å²) in [7, 11) is 1.52. The maximum Gasteiger partial charge on any atom is 0.271 e. The first-order chi connectivity index (χ1) is 16.5. The van der Waals surface area contributed by atoms with E-state index in [-0.39, 0.29) is 18.1 Å². The smallest absolute Gasteiger partial charge is 0.271 e. The first-order valence-electron chi connectivity index (χ1n) is 10.4. The SMILES string of the molecule is CCOc1cc(/C=N\NC(=O)c2ccc(F)cc2)ccc1OCC(=O)Nc1ccccc1OC. The number of para-hydroxylation sites is 2. The van der Waals surface area contributed by atoms with Crippen molar-refractivity contribution in [1.82, 2.24) is 5.43 Å². The van der Waals surface area contributed by atoms with Crippen LogP contribution in [-0.2, 0) is 4.79 Å². The Morgan fingerprint density at radius 2 is 1.74 bits per heavy atom. The van der Waals surface area contributed by atoms with E-state index < -0.39 is 11.7 Å². The highest BCUT2D eigenvalue weighted by Crippen LogP contribution is 2.28. The van der Waals surface area contributed by atoms with Crippen molar-refractivity contribution >= 4 is 23.7 Å². The van der Waals surface area contributed by atoms with Crippen molar-refractivity contribution in [3.8, 4) is 17.2 Å². The molecule has 3 rings (SSSR count). The Morgan fingerprint density at radius 1 is 0.971 bits per heavy atom. The van der Waals surface area contributed by atoms with Gasteiger partial charge in [-0.05, 0) is 67.1 Å². The van der Waals surface area contributed by atoms with E-state index in [4.69, 9.17) is 14.2 Å². The van der Waals surface area contributed by atoms with Crippen molar-refractivity contribution in [3.63, 3.8) is 0 Å². The molecule has 0 saturated carbocycles. The third-order valence-corrected chi connectivity index (χ3v) is 4.49. The molecule has 0 bridgehead atoms. The van der Waals surface area contributed by atoms with E-state index in [1.54, 1.807) is 42.5 Å². The van der Waals surface area contributed by atoms with Crippen LogP contribution in [0.15, 0.2) is 71.8 Å². The van der Waals surface area contributed by atoms with Crippen LogP contribution in [0, 0.1) is 5.82 Å². The maximum atomic E-state index is 13.0. The van der Waals surface area contributed by atoms with Gasteiger partial charge in [0.15, 0.2) is 18.1 Å². The molecular weight excluding hydrogens is 441 g/mol. The summed E-state index contributed by atoms with van der Waals surface area (Å²) < 4.78 is 29.4. The molecule has 0 aliphatic rings. The Bertz CT molecular complexity index is 1170. The van der Waals surface area contributed by atoms with Crippen molar-refractivity contribution in [2.75, 3.05) is 25.6 Å². The summed E-state index contributed by atoms with van der Waals surface area (Å²) in [4.78, 5) is 24.4. The van der Waals surface area contributed by atoms with Crippen LogP contribution >= 0.6 is 0 Å². The van der Waals surface area contributed by atoms with Gasteiger partial charge in [0.2, 0.25) is 0 Å². The summed E-state index contributed by atoms with van der Waals surface area (Å²) >= 11 is 0. The molecule has 34 heavy (non-hydrogen) atoms. The van der Waals surface area contributed by atoms with Gasteiger partial charge in [0.1, 0.15) is 11.6 Å². The van der Waals surface area contributed by atoms with Crippen LogP contribution in [0.1, 0.15) is 22.8 Å². The molecule has 0 atom stereocenters. The fourth-order valence-electron chi connectivity index (χ4n) is 2.90. The van der Waals surface area contributed by atoms with Gasteiger partial charge in [-0.15, -0.1) is 0 Å². The van der Waals surface area contributed by atoms with Gasteiger partial charge in [-0.1, -0.05) is 12.1 Å². The molecule has 0 fully saturated rings. The number of methoxy groups -OCH3 is 1. The fraction of sp³-hybridized carbons (Fsp3) is 0.160. The second-order valence-electron chi connectivity index (χ2n) is 6.88. The summed E-state index contributed by atoms with van der Waals surface area (Å²) in [6.07, 6.45) is 1.43. The van der Waals surface area contributed by atoms with Crippen molar-refractivity contribution in [2.45, 2.75) is 6.92 Å². The number of ether oxygens (including phenoxy) is 3. The van der Waals surface area contributed by atoms with Gasteiger partial charge in [-0.2, -0.15) is 5.10 Å². The number of hydrogen-bond donors (Lipinski definition) is 2. The number of carbonyl (C=O) groups excluding carboxylic acids is 2. The topological polar surface area (TPSA) is 98.3 Å². The number of benzene rings is 3. The molecular formula is C25H24FN3O5. The molecule has 3 aromatic rings. The summed E-state index contributed by atoms with van der Waals surface area (Å²) in [5.41, 5.74) is 3.83. The number of nitrogens with one attached hydrogen (secondary N) is 2. The Morgan fingerprint density at radius 3 is 2.47 bits per heavy atom. The molecule has 0 aliphatic carbocycles. The largest absolute Gasteiger partial charge is 0.495 e. The first-order valence-corrected chi connectivity index (χ1v) is 10.4. The second kappa shape index (κ2) is 12.0. The molecule has 0 aliphatic heterocycles. The van der Waals surface area contributed by atoms with Gasteiger partial charge in [0, 0.05) is 5.56 Å². The lowest BCUT2D eigenvalue weighted by molar-refractivity contribution is -0.118. The van der Waals surface area contributed by atoms with Gasteiger partial charge in [-0.3, -0.25) is 9.59 Å². The highest BCUT2D eigenvalue weighted by atomic mass is 19.1. The standard InChI is InChI=1S/C25H24FN3O5/c1-3-33-23-14-17(15-27-29-25(31)18-9-11-19(26)12-10-18)8-13-22(23)34-16-24(30)28-20-6-4-5-7-21(20)32-2/h4-15H,3,16H2,1-2H3,(H,28,30)(H,29,31)/b27-15-. The summed E-state index contributed by atoms with van der Waals surface area (Å²) in [6.45, 7) is 1.97. The zero-order valence-electron chi connectivity index (χ0n) is 18.7. The molecule has 2 N–H and O–H groups in total. The van der Waals surface area contributed by atoms with Crippen LogP contribution in [0.25, 0.3) is 0 Å². The van der Waals surface area contributed by atoms with E-state index in [2.05, 4.69) is 15.8 Å². The number of rotatable bonds is 10. The van der Waals surface area contributed by atoms with Crippen LogP contribution < -0.4 is 25.0 Å². The average Bonchev–Trinajstić information content (AvgIpc) is 2.84. The average molecular weight is 465 g/mol. The molecule has 0 spiro atoms. The summed E-state index contributed by atoms with van der Waals surface area (Å²) in [5.74, 6) is 0.0819. The van der Waals surface area contributed by atoms with Crippen LogP contribution in [0.4, 0.5) is 10.1 Å². The lowest BCUT2D eigenvalue weighted by atomic mass is 10.2. The minimum absolute atomic E-state index is 0.237. The minimum Gasteiger partial charge on any atom is -0.495 e. The van der Waals surface area contributed by atoms with Crippen LogP contribution in [0.5, 0.6) is 17.2 Å². The van der Waals surface area contributed by atoms with Crippen molar-refractivity contribution < 1.29 is 28.2 Å². The highest BCUT2D eigenvalue weighted by molar-refractivity contribution is 5.95. The molecule has 0 heterocycles. The Balaban J connectivity index is 1.60. The molecule has 176 valence electrons. The summed E-state index contributed by atoms with van der Waals surface area (Å²) in [6, 6.07) is 17.2. The maximum absolute atomic E-state index is 13.0. The molecule has 0 unspecified atom stereocenters. The van der Waals surface area contributed by atoms with Gasteiger partial charge in [-0.25, -0.2) is 9.82 Å². The first kappa shape index (κ1) is 24.2. The number of amides is 2. The van der Waals surface area contributed by atoms with E-state index in [1.807, 2.05) is 6.92 Å². The van der Waals surface area contributed by atoms with Gasteiger partial charge >= 0.3 is 0 Å². The Kier molecular flexibility index (Phi) is 8.56. The van der Waals surface area contributed by atoms with Crippen molar-refractivity contribution in [3.05, 3.63) is 83.7 Å². The number of halogens is 1. The predicted octanol–water partition coefficient (Wildman–Crippen LogP) is 4.01. The molecule has 3 aromatic carbocycles. The number of hydrogen-bond acceptors (Lipinski definition) is 6. The quantitative estimate of drug-likeness (QED) is 0.348. The highest BCUT2D eigenvalue weighted by Gasteiger charge is 2.11. The third kappa shape index (κ3) is 6.80. The number of carbonyl (C=O) groups is 2. The Hall–Kier alpha value is -4.40. The van der Waals surface area contributed by atoms with Gasteiger partial charge < -0.3 is 19.5 Å². The van der Waals surface area contributed by atoms with E-state index in [0.717, 1.165) is 0 Å². The summed E-state index contributed by atoms with van der Waals surface area (Å²) in [5, 5.41) is 6.66. The Labute approximate surface area is 196 Å². The van der Waals surface area contributed by atoms with Crippen molar-refractivity contribution in [2.24, 2.45) is 5.10 Å². The predicted molar refractivity (Wildman–Crippen MR) is 126 cm³/mol. The van der Waals surface area contributed by atoms with Gasteiger partial charge in [0.05, 0.1) is 25.6 Å². The zero-order chi connectivity index (χ0) is 24.3. The molecule has 0 saturated heterocycles. The molecule has 0 aromatic heterocycles. The number of hydrazone groups is 1. The lowest BCUT2D eigenvalue weighted by Crippen LogP contribution is -2.20. The number of nitrogens with zero attached hydrogens (tertiary/aromatic N) is 1. The molecule has 2 amide bonds. The third-order valence-electron chi connectivity index (χ3n) is 4.49. The molecule has 8 nitrogen and oxygen atoms in total. The minimum atomic E-state index is -0.470. The lowest BCUT2D eigenvalue weighted by Gasteiger charge is -2.13. The number of anilines is 1. The monoisotopic (exact) mass is 465 g/mol. The van der Waals surface area contributed by atoms with E-state index in [1.165, 1.54) is 37.6 Å². The van der Waals surface area contributed by atoms with E-state index in [0.29, 0.717) is 35.1 Å². The molecule has 9 heteroatoms. The van der Waals surface area contributed by atoms with E-state index in [9.17, 15) is 14.0 Å².